The molecule has 1 N–H and O–H groups in total. The van der Waals surface area contributed by atoms with E-state index in [1.54, 1.807) is 13.0 Å². The van der Waals surface area contributed by atoms with E-state index in [9.17, 15) is 4.79 Å². The fourth-order valence-corrected chi connectivity index (χ4v) is 1.93. The molecule has 0 aliphatic carbocycles. The molecule has 0 aliphatic heterocycles. The van der Waals surface area contributed by atoms with Crippen molar-refractivity contribution < 1.29 is 19.4 Å². The van der Waals surface area contributed by atoms with Crippen LogP contribution in [-0.2, 0) is 14.3 Å². The summed E-state index contributed by atoms with van der Waals surface area (Å²) in [5.74, 6) is -1.18. The summed E-state index contributed by atoms with van der Waals surface area (Å²) in [6, 6.07) is 15.6. The van der Waals surface area contributed by atoms with Crippen LogP contribution in [0.3, 0.4) is 0 Å². The number of hydrogen-bond donors (Lipinski definition) is 1. The van der Waals surface area contributed by atoms with Crippen LogP contribution in [0.4, 0.5) is 0 Å². The molecule has 0 heterocycles. The fraction of sp³-hybridized carbons (Fsp3) is 0.143. The monoisotopic (exact) mass is 410 g/mol. The first-order chi connectivity index (χ1) is 12.7. The number of halogens is 2. The Morgan fingerprint density at radius 1 is 0.963 bits per heavy atom. The van der Waals surface area contributed by atoms with Gasteiger partial charge in [-0.1, -0.05) is 72.2 Å². The van der Waals surface area contributed by atoms with Crippen LogP contribution in [0, 0.1) is 0 Å². The van der Waals surface area contributed by atoms with Crippen LogP contribution in [0.25, 0.3) is 11.1 Å². The number of carbonyl (C=O) groups excluding carboxylic acids is 1. The van der Waals surface area contributed by atoms with Gasteiger partial charge in [-0.15, -0.1) is 13.2 Å². The highest BCUT2D eigenvalue weighted by atomic mass is 35.5. The van der Waals surface area contributed by atoms with Crippen LogP contribution in [0.2, 0.25) is 10.0 Å². The van der Waals surface area contributed by atoms with E-state index >= 15 is 0 Å². The minimum atomic E-state index is -0.833. The molecule has 0 bridgehead atoms. The van der Waals surface area contributed by atoms with Crippen molar-refractivity contribution in [3.8, 4) is 11.1 Å². The fourth-order valence-electron chi connectivity index (χ4n) is 1.52. The van der Waals surface area contributed by atoms with Gasteiger partial charge in [0.15, 0.2) is 0 Å². The highest BCUT2D eigenvalue weighted by Crippen LogP contribution is 2.32. The minimum absolute atomic E-state index is 0.347. The molecular weight excluding hydrogens is 387 g/mol. The zero-order valence-electron chi connectivity index (χ0n) is 15.7. The zero-order chi connectivity index (χ0) is 21.4. The largest absolute Gasteiger partial charge is 0.481 e. The highest BCUT2D eigenvalue weighted by molar-refractivity contribution is 6.43. The standard InChI is InChI=1S/C12H8Cl2.C5H8O2.C2H4O2.C2H4/c13-11-8-4-7-10(12(11)14)9-5-2-1-3-6-9;1-4(2)5(6)7-3;1-2(3)4;1-2/h1-8H;1H2,2-3H3;1H3,(H,3,4);1-2H2. The lowest BCUT2D eigenvalue weighted by Gasteiger charge is -2.04. The number of carboxylic acid groups (broad SMARTS) is 1. The minimum Gasteiger partial charge on any atom is -0.481 e. The van der Waals surface area contributed by atoms with E-state index in [4.69, 9.17) is 33.1 Å². The van der Waals surface area contributed by atoms with Crippen LogP contribution in [0.5, 0.6) is 0 Å². The van der Waals surface area contributed by atoms with Gasteiger partial charge in [0.2, 0.25) is 0 Å². The van der Waals surface area contributed by atoms with Crippen LogP contribution in [-0.4, -0.2) is 24.2 Å². The third-order valence-electron chi connectivity index (χ3n) is 2.57. The molecule has 0 aromatic heterocycles. The molecule has 0 aliphatic rings. The lowest BCUT2D eigenvalue weighted by molar-refractivity contribution is -0.136. The van der Waals surface area contributed by atoms with Crippen molar-refractivity contribution in [1.29, 1.82) is 0 Å². The Hall–Kier alpha value is -2.56. The summed E-state index contributed by atoms with van der Waals surface area (Å²) in [7, 11) is 1.33. The highest BCUT2D eigenvalue weighted by Gasteiger charge is 2.05. The van der Waals surface area contributed by atoms with Gasteiger partial charge >= 0.3 is 5.97 Å². The van der Waals surface area contributed by atoms with Gasteiger partial charge < -0.3 is 9.84 Å². The van der Waals surface area contributed by atoms with Crippen molar-refractivity contribution in [2.45, 2.75) is 13.8 Å². The van der Waals surface area contributed by atoms with Crippen molar-refractivity contribution in [2.75, 3.05) is 7.11 Å². The summed E-state index contributed by atoms with van der Waals surface area (Å²) in [5.41, 5.74) is 2.49. The maximum atomic E-state index is 10.2. The van der Waals surface area contributed by atoms with E-state index in [-0.39, 0.29) is 5.97 Å². The molecular formula is C21H24Cl2O4. The second-order valence-corrected chi connectivity index (χ2v) is 5.54. The Kier molecular flexibility index (Phi) is 15.5. The van der Waals surface area contributed by atoms with Gasteiger partial charge in [0, 0.05) is 18.1 Å². The van der Waals surface area contributed by atoms with E-state index in [0.717, 1.165) is 18.1 Å². The van der Waals surface area contributed by atoms with E-state index < -0.39 is 5.97 Å². The van der Waals surface area contributed by atoms with Crippen molar-refractivity contribution in [2.24, 2.45) is 0 Å². The average molecular weight is 411 g/mol. The van der Waals surface area contributed by atoms with Gasteiger partial charge in [0.1, 0.15) is 0 Å². The number of methoxy groups -OCH3 is 1. The van der Waals surface area contributed by atoms with Gasteiger partial charge in [-0.05, 0) is 18.6 Å². The number of aliphatic carboxylic acids is 1. The van der Waals surface area contributed by atoms with E-state index in [1.165, 1.54) is 7.11 Å². The second-order valence-electron chi connectivity index (χ2n) is 4.76. The van der Waals surface area contributed by atoms with Crippen molar-refractivity contribution in [3.63, 3.8) is 0 Å². The third kappa shape index (κ3) is 12.4. The molecule has 0 saturated carbocycles. The van der Waals surface area contributed by atoms with Crippen LogP contribution < -0.4 is 0 Å². The number of carbonyl (C=O) groups is 2. The molecule has 0 amide bonds. The van der Waals surface area contributed by atoms with Crippen LogP contribution in [0.1, 0.15) is 13.8 Å². The summed E-state index contributed by atoms with van der Waals surface area (Å²) >= 11 is 12.0. The normalized spacial score (nSPS) is 8.33. The third-order valence-corrected chi connectivity index (χ3v) is 3.39. The topological polar surface area (TPSA) is 63.6 Å². The summed E-state index contributed by atoms with van der Waals surface area (Å²) in [5, 5.41) is 8.62. The maximum absolute atomic E-state index is 10.2. The van der Waals surface area contributed by atoms with Crippen molar-refractivity contribution in [1.82, 2.24) is 0 Å². The Bertz CT molecular complexity index is 724. The predicted octanol–water partition coefficient (Wildman–Crippen LogP) is 6.29. The van der Waals surface area contributed by atoms with E-state index in [0.29, 0.717) is 15.6 Å². The first-order valence-corrected chi connectivity index (χ1v) is 8.39. The van der Waals surface area contributed by atoms with Gasteiger partial charge in [0.25, 0.3) is 5.97 Å². The van der Waals surface area contributed by atoms with Crippen molar-refractivity contribution in [3.05, 3.63) is 83.9 Å². The first-order valence-electron chi connectivity index (χ1n) is 7.63. The Morgan fingerprint density at radius 2 is 1.44 bits per heavy atom. The quantitative estimate of drug-likeness (QED) is 0.358. The Morgan fingerprint density at radius 3 is 1.81 bits per heavy atom. The Labute approximate surface area is 170 Å². The summed E-state index contributed by atoms with van der Waals surface area (Å²) in [6.45, 7) is 12.0. The Balaban J connectivity index is 0. The first kappa shape index (κ1) is 26.7. The van der Waals surface area contributed by atoms with Crippen LogP contribution in [0.15, 0.2) is 73.8 Å². The second kappa shape index (κ2) is 15.7. The number of rotatable bonds is 2. The van der Waals surface area contributed by atoms with Gasteiger partial charge in [0.05, 0.1) is 17.2 Å². The maximum Gasteiger partial charge on any atom is 0.332 e. The molecule has 0 saturated heterocycles. The molecule has 2 rings (SSSR count). The smallest absolute Gasteiger partial charge is 0.332 e. The lowest BCUT2D eigenvalue weighted by Crippen LogP contribution is -1.98. The number of benzene rings is 2. The molecule has 2 aromatic carbocycles. The SMILES string of the molecule is C=C.C=C(C)C(=O)OC.CC(=O)O.Clc1cccc(-c2ccccc2)c1Cl. The molecule has 0 radical (unpaired) electrons. The summed E-state index contributed by atoms with van der Waals surface area (Å²) in [6.07, 6.45) is 0. The van der Waals surface area contributed by atoms with E-state index in [2.05, 4.69) is 24.5 Å². The molecule has 0 atom stereocenters. The van der Waals surface area contributed by atoms with Crippen molar-refractivity contribution >= 4 is 35.1 Å². The summed E-state index contributed by atoms with van der Waals surface area (Å²) in [4.78, 5) is 19.2. The molecule has 27 heavy (non-hydrogen) atoms. The molecule has 4 nitrogen and oxygen atoms in total. The van der Waals surface area contributed by atoms with Gasteiger partial charge in [-0.3, -0.25) is 4.79 Å². The number of hydrogen-bond acceptors (Lipinski definition) is 3. The number of ether oxygens (including phenoxy) is 1. The number of esters is 1. The molecule has 146 valence electrons. The molecule has 6 heteroatoms. The van der Waals surface area contributed by atoms with Gasteiger partial charge in [-0.2, -0.15) is 0 Å². The molecule has 0 spiro atoms. The predicted molar refractivity (Wildman–Crippen MR) is 113 cm³/mol. The molecule has 0 fully saturated rings. The van der Waals surface area contributed by atoms with E-state index in [1.807, 2.05) is 42.5 Å². The summed E-state index contributed by atoms with van der Waals surface area (Å²) < 4.78 is 4.27. The zero-order valence-corrected chi connectivity index (χ0v) is 17.2. The number of carboxylic acids is 1. The average Bonchev–Trinajstić information content (AvgIpc) is 2.65. The lowest BCUT2D eigenvalue weighted by atomic mass is 10.1. The van der Waals surface area contributed by atoms with Crippen LogP contribution >= 0.6 is 23.2 Å². The van der Waals surface area contributed by atoms with Gasteiger partial charge in [-0.25, -0.2) is 4.79 Å². The molecule has 2 aromatic rings. The molecule has 0 unspecified atom stereocenters.